The second kappa shape index (κ2) is 8.41. The maximum atomic E-state index is 13.2. The molecule has 1 aromatic carbocycles. The lowest BCUT2D eigenvalue weighted by Gasteiger charge is -2.30. The first-order valence-corrected chi connectivity index (χ1v) is 12.0. The Labute approximate surface area is 183 Å². The van der Waals surface area contributed by atoms with Crippen LogP contribution in [0.2, 0.25) is 0 Å². The van der Waals surface area contributed by atoms with Crippen molar-refractivity contribution >= 4 is 32.9 Å². The molecule has 7 heteroatoms. The summed E-state index contributed by atoms with van der Waals surface area (Å²) >= 11 is 3.41. The van der Waals surface area contributed by atoms with Crippen molar-refractivity contribution in [2.75, 3.05) is 7.05 Å². The highest BCUT2D eigenvalue weighted by Gasteiger charge is 2.27. The van der Waals surface area contributed by atoms with Gasteiger partial charge in [0.05, 0.1) is 18.3 Å². The molecule has 1 unspecified atom stereocenters. The van der Waals surface area contributed by atoms with Crippen LogP contribution in [0.4, 0.5) is 0 Å². The van der Waals surface area contributed by atoms with Crippen molar-refractivity contribution in [1.29, 1.82) is 0 Å². The molecule has 1 aliphatic carbocycles. The van der Waals surface area contributed by atoms with Crippen LogP contribution in [-0.2, 0) is 32.4 Å². The summed E-state index contributed by atoms with van der Waals surface area (Å²) in [4.78, 5) is 26.9. The molecule has 0 fully saturated rings. The van der Waals surface area contributed by atoms with Gasteiger partial charge in [0.1, 0.15) is 9.84 Å². The number of aromatic nitrogens is 3. The zero-order chi connectivity index (χ0) is 20.5. The van der Waals surface area contributed by atoms with E-state index in [9.17, 15) is 4.79 Å². The summed E-state index contributed by atoms with van der Waals surface area (Å²) in [6.45, 7) is 1.54. The fourth-order valence-corrected chi connectivity index (χ4v) is 6.21. The topological polar surface area (TPSA) is 51.0 Å². The van der Waals surface area contributed by atoms with Crippen LogP contribution in [0, 0.1) is 0 Å². The predicted octanol–water partition coefficient (Wildman–Crippen LogP) is 4.15. The second-order valence-electron chi connectivity index (χ2n) is 7.90. The van der Waals surface area contributed by atoms with E-state index in [-0.39, 0.29) is 5.56 Å². The van der Waals surface area contributed by atoms with Crippen LogP contribution < -0.4 is 5.56 Å². The zero-order valence-electron chi connectivity index (χ0n) is 17.0. The number of hydrogen-bond donors (Lipinski definition) is 0. The van der Waals surface area contributed by atoms with Gasteiger partial charge in [-0.2, -0.15) is 0 Å². The molecule has 30 heavy (non-hydrogen) atoms. The Balaban J connectivity index is 1.37. The number of nitrogens with zero attached hydrogens (tertiary/aromatic N) is 4. The fourth-order valence-electron chi connectivity index (χ4n) is 4.29. The second-order valence-corrected chi connectivity index (χ2v) is 9.96. The van der Waals surface area contributed by atoms with E-state index in [1.54, 1.807) is 33.6 Å². The number of rotatable bonds is 6. The number of fused-ring (bicyclic) bond motifs is 3. The van der Waals surface area contributed by atoms with Crippen LogP contribution >= 0.6 is 22.7 Å². The maximum Gasteiger partial charge on any atom is 0.262 e. The number of hydrogen-bond acceptors (Lipinski definition) is 6. The quantitative estimate of drug-likeness (QED) is 0.456. The number of benzene rings is 1. The van der Waals surface area contributed by atoms with Crippen molar-refractivity contribution in [1.82, 2.24) is 19.4 Å². The van der Waals surface area contributed by atoms with Gasteiger partial charge in [0, 0.05) is 29.0 Å². The highest BCUT2D eigenvalue weighted by atomic mass is 32.1. The van der Waals surface area contributed by atoms with Gasteiger partial charge in [0.2, 0.25) is 0 Å². The van der Waals surface area contributed by atoms with Gasteiger partial charge in [0.25, 0.3) is 5.56 Å². The summed E-state index contributed by atoms with van der Waals surface area (Å²) in [5.41, 5.74) is 2.59. The zero-order valence-corrected chi connectivity index (χ0v) is 18.6. The molecule has 4 aromatic rings. The molecule has 154 valence electrons. The van der Waals surface area contributed by atoms with E-state index in [0.29, 0.717) is 12.6 Å². The first-order valence-electron chi connectivity index (χ1n) is 10.3. The van der Waals surface area contributed by atoms with Gasteiger partial charge in [-0.25, -0.2) is 9.97 Å². The van der Waals surface area contributed by atoms with E-state index in [1.807, 2.05) is 29.8 Å². The molecule has 0 amide bonds. The van der Waals surface area contributed by atoms with Crippen LogP contribution in [0.1, 0.15) is 27.4 Å². The largest absolute Gasteiger partial charge is 0.298 e. The van der Waals surface area contributed by atoms with Gasteiger partial charge < -0.3 is 0 Å². The molecule has 0 aliphatic heterocycles. The molecule has 5 rings (SSSR count). The molecule has 1 atom stereocenters. The van der Waals surface area contributed by atoms with Crippen LogP contribution in [-0.4, -0.2) is 32.5 Å². The van der Waals surface area contributed by atoms with E-state index in [4.69, 9.17) is 0 Å². The number of likely N-dealkylation sites (N-methyl/N-ethyl adjacent to an activating group) is 1. The summed E-state index contributed by atoms with van der Waals surface area (Å²) in [6, 6.07) is 10.8. The van der Waals surface area contributed by atoms with Crippen molar-refractivity contribution < 1.29 is 0 Å². The average Bonchev–Trinajstić information content (AvgIpc) is 3.41. The van der Waals surface area contributed by atoms with Crippen molar-refractivity contribution in [3.05, 3.63) is 79.6 Å². The Kier molecular flexibility index (Phi) is 5.50. The Morgan fingerprint density at radius 1 is 1.23 bits per heavy atom. The summed E-state index contributed by atoms with van der Waals surface area (Å²) in [7, 11) is 2.18. The lowest BCUT2D eigenvalue weighted by atomic mass is 9.92. The Morgan fingerprint density at radius 2 is 2.10 bits per heavy atom. The van der Waals surface area contributed by atoms with Crippen molar-refractivity contribution in [3.63, 3.8) is 0 Å². The SMILES string of the molecule is CN(Cc1nccs1)C1CCc2c(sc3ncn(CCc4ccccc4)c(=O)c23)C1. The summed E-state index contributed by atoms with van der Waals surface area (Å²) in [5, 5.41) is 4.04. The molecule has 0 bridgehead atoms. The highest BCUT2D eigenvalue weighted by molar-refractivity contribution is 7.18. The van der Waals surface area contributed by atoms with E-state index < -0.39 is 0 Å². The lowest BCUT2D eigenvalue weighted by Crippen LogP contribution is -2.35. The molecule has 0 N–H and O–H groups in total. The Hall–Kier alpha value is -2.35. The third-order valence-electron chi connectivity index (χ3n) is 5.99. The molecular weight excluding hydrogens is 412 g/mol. The molecule has 0 spiro atoms. The Bertz CT molecular complexity index is 1200. The number of thiazole rings is 1. The van der Waals surface area contributed by atoms with Crippen molar-refractivity contribution in [2.24, 2.45) is 0 Å². The van der Waals surface area contributed by atoms with Gasteiger partial charge in [-0.05, 0) is 43.9 Å². The number of thiophene rings is 1. The van der Waals surface area contributed by atoms with Gasteiger partial charge >= 0.3 is 0 Å². The van der Waals surface area contributed by atoms with Crippen LogP contribution in [0.15, 0.2) is 53.0 Å². The van der Waals surface area contributed by atoms with E-state index >= 15 is 0 Å². The van der Waals surface area contributed by atoms with E-state index in [2.05, 4.69) is 34.0 Å². The number of aryl methyl sites for hydroxylation is 3. The lowest BCUT2D eigenvalue weighted by molar-refractivity contribution is 0.215. The minimum absolute atomic E-state index is 0.114. The molecular formula is C23H24N4OS2. The predicted molar refractivity (Wildman–Crippen MR) is 123 cm³/mol. The minimum atomic E-state index is 0.114. The summed E-state index contributed by atoms with van der Waals surface area (Å²) in [6.07, 6.45) is 7.43. The minimum Gasteiger partial charge on any atom is -0.298 e. The smallest absolute Gasteiger partial charge is 0.262 e. The molecule has 0 saturated carbocycles. The van der Waals surface area contributed by atoms with Gasteiger partial charge in [-0.15, -0.1) is 22.7 Å². The monoisotopic (exact) mass is 436 g/mol. The molecule has 3 aromatic heterocycles. The van der Waals surface area contributed by atoms with Crippen molar-refractivity contribution in [3.8, 4) is 0 Å². The highest BCUT2D eigenvalue weighted by Crippen LogP contribution is 2.35. The van der Waals surface area contributed by atoms with Gasteiger partial charge in [-0.3, -0.25) is 14.3 Å². The fraction of sp³-hybridized carbons (Fsp3) is 0.348. The first kappa shape index (κ1) is 19.6. The molecule has 5 nitrogen and oxygen atoms in total. The molecule has 0 radical (unpaired) electrons. The van der Waals surface area contributed by atoms with Crippen LogP contribution in [0.25, 0.3) is 10.2 Å². The third-order valence-corrected chi connectivity index (χ3v) is 7.91. The Morgan fingerprint density at radius 3 is 2.90 bits per heavy atom. The van der Waals surface area contributed by atoms with Gasteiger partial charge in [0.15, 0.2) is 0 Å². The maximum absolute atomic E-state index is 13.2. The van der Waals surface area contributed by atoms with Crippen LogP contribution in [0.5, 0.6) is 0 Å². The summed E-state index contributed by atoms with van der Waals surface area (Å²) < 4.78 is 1.78. The average molecular weight is 437 g/mol. The molecule has 0 saturated heterocycles. The third kappa shape index (κ3) is 3.85. The van der Waals surface area contributed by atoms with Crippen molar-refractivity contribution in [2.45, 2.75) is 44.8 Å². The standard InChI is InChI=1S/C23H24N4OS2/c1-26(14-20-24-10-12-29-20)17-7-8-18-19(13-17)30-22-21(18)23(28)27(15-25-22)11-9-16-5-3-2-4-6-16/h2-6,10,12,15,17H,7-9,11,13-14H2,1H3. The summed E-state index contributed by atoms with van der Waals surface area (Å²) in [5.74, 6) is 0. The molecule has 1 aliphatic rings. The normalized spacial score (nSPS) is 16.3. The molecule has 3 heterocycles. The van der Waals surface area contributed by atoms with E-state index in [1.165, 1.54) is 16.0 Å². The first-order chi connectivity index (χ1) is 14.7. The van der Waals surface area contributed by atoms with Gasteiger partial charge in [-0.1, -0.05) is 30.3 Å². The van der Waals surface area contributed by atoms with E-state index in [0.717, 1.165) is 47.5 Å². The van der Waals surface area contributed by atoms with Crippen LogP contribution in [0.3, 0.4) is 0 Å².